The van der Waals surface area contributed by atoms with Crippen LogP contribution in [0.1, 0.15) is 41.8 Å². The van der Waals surface area contributed by atoms with Gasteiger partial charge in [0.1, 0.15) is 35.4 Å². The van der Waals surface area contributed by atoms with Gasteiger partial charge in [-0.25, -0.2) is 4.39 Å². The van der Waals surface area contributed by atoms with Crippen molar-refractivity contribution in [3.63, 3.8) is 0 Å². The largest absolute Gasteiger partial charge is 0.508 e. The number of halogens is 5. The molecule has 5 aliphatic rings. The summed E-state index contributed by atoms with van der Waals surface area (Å²) in [5.41, 5.74) is -5.25. The van der Waals surface area contributed by atoms with Crippen molar-refractivity contribution in [3.05, 3.63) is 39.3 Å². The van der Waals surface area contributed by atoms with E-state index in [1.807, 2.05) is 4.90 Å². The third-order valence-corrected chi connectivity index (χ3v) is 8.89. The molecule has 0 saturated carbocycles. The van der Waals surface area contributed by atoms with Gasteiger partial charge in [-0.05, 0) is 38.3 Å². The molecule has 2 aromatic heterocycles. The Balaban J connectivity index is 1.40. The van der Waals surface area contributed by atoms with E-state index in [0.717, 1.165) is 19.0 Å². The van der Waals surface area contributed by atoms with Crippen LogP contribution in [0.3, 0.4) is 0 Å². The van der Waals surface area contributed by atoms with E-state index in [4.69, 9.17) is 20.5 Å². The van der Waals surface area contributed by atoms with Crippen molar-refractivity contribution >= 4 is 28.3 Å². The number of piperazine rings is 1. The molecular formula is C27H28ClF4N7O3. The maximum atomic E-state index is 14.9. The van der Waals surface area contributed by atoms with Gasteiger partial charge < -0.3 is 20.1 Å². The molecule has 224 valence electrons. The summed E-state index contributed by atoms with van der Waals surface area (Å²) in [7, 11) is 0. The van der Waals surface area contributed by atoms with Crippen molar-refractivity contribution in [2.75, 3.05) is 37.6 Å². The Kier molecular flexibility index (Phi) is 5.72. The van der Waals surface area contributed by atoms with Gasteiger partial charge in [0.2, 0.25) is 0 Å². The van der Waals surface area contributed by atoms with E-state index in [-0.39, 0.29) is 36.3 Å². The minimum Gasteiger partial charge on any atom is -0.508 e. The van der Waals surface area contributed by atoms with Gasteiger partial charge >= 0.3 is 12.2 Å². The highest BCUT2D eigenvalue weighted by Crippen LogP contribution is 2.42. The summed E-state index contributed by atoms with van der Waals surface area (Å²) < 4.78 is 89.1. The van der Waals surface area contributed by atoms with E-state index in [0.29, 0.717) is 42.9 Å². The van der Waals surface area contributed by atoms with Crippen LogP contribution < -0.4 is 20.5 Å². The summed E-state index contributed by atoms with van der Waals surface area (Å²) in [6.07, 6.45) is -4.27. The molecule has 2 N–H and O–H groups in total. The molecule has 0 spiro atoms. The summed E-state index contributed by atoms with van der Waals surface area (Å²) in [6, 6.07) is 0.883. The molecule has 2 unspecified atom stereocenters. The summed E-state index contributed by atoms with van der Waals surface area (Å²) in [6.45, 7) is -1.46. The van der Waals surface area contributed by atoms with E-state index in [1.165, 1.54) is 0 Å². The quantitative estimate of drug-likeness (QED) is 0.419. The van der Waals surface area contributed by atoms with E-state index >= 15 is 0 Å². The number of nitrogens with zero attached hydrogens (tertiary/aromatic N) is 6. The number of ether oxygens (including phenoxy) is 1. The van der Waals surface area contributed by atoms with Crippen LogP contribution in [0.2, 0.25) is 5.02 Å². The molecule has 7 heterocycles. The van der Waals surface area contributed by atoms with Crippen LogP contribution in [0.5, 0.6) is 11.8 Å². The van der Waals surface area contributed by atoms with Gasteiger partial charge in [-0.15, -0.1) is 0 Å². The first-order valence-electron chi connectivity index (χ1n) is 15.1. The predicted octanol–water partition coefficient (Wildman–Crippen LogP) is 3.45. The van der Waals surface area contributed by atoms with Gasteiger partial charge in [0.25, 0.3) is 5.56 Å². The summed E-state index contributed by atoms with van der Waals surface area (Å²) in [5, 5.41) is 16.7. The Hall–Kier alpha value is -3.23. The first-order valence-corrected chi connectivity index (χ1v) is 14.0. The van der Waals surface area contributed by atoms with Crippen molar-refractivity contribution in [2.45, 2.75) is 62.1 Å². The van der Waals surface area contributed by atoms with Crippen LogP contribution in [-0.4, -0.2) is 86.3 Å². The van der Waals surface area contributed by atoms with E-state index in [1.54, 1.807) is 4.90 Å². The highest BCUT2D eigenvalue weighted by atomic mass is 35.5. The van der Waals surface area contributed by atoms with E-state index in [2.05, 4.69) is 20.4 Å². The summed E-state index contributed by atoms with van der Waals surface area (Å²) in [4.78, 5) is 26.1. The molecule has 5 aliphatic heterocycles. The Bertz CT molecular complexity index is 1760. The van der Waals surface area contributed by atoms with Gasteiger partial charge in [0, 0.05) is 44.2 Å². The molecule has 15 heteroatoms. The van der Waals surface area contributed by atoms with Crippen LogP contribution >= 0.6 is 11.6 Å². The number of phenols is 1. The first kappa shape index (κ1) is 24.2. The number of hydrogen-bond acceptors (Lipinski definition) is 9. The zero-order valence-corrected chi connectivity index (χ0v) is 22.8. The monoisotopic (exact) mass is 612 g/mol. The molecule has 4 atom stereocenters. The molecular weight excluding hydrogens is 582 g/mol. The van der Waals surface area contributed by atoms with Crippen molar-refractivity contribution in [2.24, 2.45) is 0 Å². The molecule has 10 nitrogen and oxygen atoms in total. The SMILES string of the molecule is [2H]C([2H])(Oc1nc(N2CC3CCC2CN3)c2cnn(-c3cc(O)cc(Cl)c3C(F)(F)F)c(=O)c2n1)[C@@]12CCCN1C[C@]([2H])(F)C2. The minimum absolute atomic E-state index is 0.0592. The summed E-state index contributed by atoms with van der Waals surface area (Å²) in [5.74, 6) is -0.444. The van der Waals surface area contributed by atoms with Crippen LogP contribution in [0, 0.1) is 0 Å². The molecule has 1 aromatic carbocycles. The second-order valence-corrected chi connectivity index (χ2v) is 11.6. The standard InChI is InChI=1S/C27H28ClF4N7O3/c28-19-6-17(40)7-20(21(19)27(30,31)32)39-24(41)22-18(10-34-39)23(38-12-15-2-3-16(38)9-33-15)36-25(35-22)42-13-26-4-1-5-37(26)11-14(29)8-26/h6-7,10,14-16,33,40H,1-5,8-9,11-13H2/t14-,15?,16?,26+/m1/s1/i13D2,14D. The lowest BCUT2D eigenvalue weighted by Gasteiger charge is -2.46. The lowest BCUT2D eigenvalue weighted by Crippen LogP contribution is -2.61. The number of anilines is 1. The Morgan fingerprint density at radius 3 is 2.83 bits per heavy atom. The third-order valence-electron chi connectivity index (χ3n) is 8.59. The number of piperidine rings is 2. The van der Waals surface area contributed by atoms with Crippen LogP contribution in [0.4, 0.5) is 23.4 Å². The maximum Gasteiger partial charge on any atom is 0.419 e. The topological polar surface area (TPSA) is 109 Å². The number of rotatable bonds is 5. The molecule has 8 rings (SSSR count). The Morgan fingerprint density at radius 2 is 2.12 bits per heavy atom. The molecule has 0 radical (unpaired) electrons. The first-order chi connectivity index (χ1) is 21.1. The zero-order valence-electron chi connectivity index (χ0n) is 25.1. The minimum atomic E-state index is -5.02. The molecule has 3 aromatic rings. The fourth-order valence-corrected chi connectivity index (χ4v) is 6.97. The van der Waals surface area contributed by atoms with E-state index < -0.39 is 70.0 Å². The Labute approximate surface area is 246 Å². The van der Waals surface area contributed by atoms with Crippen molar-refractivity contribution < 1.29 is 31.5 Å². The third kappa shape index (κ3) is 4.54. The average Bonchev–Trinajstić information content (AvgIpc) is 3.46. The number of fused-ring (bicyclic) bond motifs is 5. The van der Waals surface area contributed by atoms with Gasteiger partial charge in [-0.1, -0.05) is 11.6 Å². The number of nitrogens with one attached hydrogen (secondary N) is 1. The predicted molar refractivity (Wildman–Crippen MR) is 145 cm³/mol. The van der Waals surface area contributed by atoms with Gasteiger partial charge in [0.15, 0.2) is 0 Å². The lowest BCUT2D eigenvalue weighted by atomic mass is 9.93. The highest BCUT2D eigenvalue weighted by Gasteiger charge is 2.49. The number of phenolic OH excluding ortho intramolecular Hbond substituents is 1. The number of alkyl halides is 4. The van der Waals surface area contributed by atoms with Crippen LogP contribution in [0.25, 0.3) is 16.6 Å². The molecule has 2 bridgehead atoms. The fraction of sp³-hybridized carbons (Fsp3) is 0.556. The van der Waals surface area contributed by atoms with Crippen molar-refractivity contribution in [1.29, 1.82) is 0 Å². The van der Waals surface area contributed by atoms with Crippen molar-refractivity contribution in [3.8, 4) is 17.4 Å². The Morgan fingerprint density at radius 1 is 1.29 bits per heavy atom. The second kappa shape index (κ2) is 9.91. The van der Waals surface area contributed by atoms with Gasteiger partial charge in [-0.3, -0.25) is 9.69 Å². The van der Waals surface area contributed by atoms with Crippen LogP contribution in [0.15, 0.2) is 23.1 Å². The molecule has 5 fully saturated rings. The molecule has 5 saturated heterocycles. The molecule has 0 amide bonds. The number of aromatic nitrogens is 4. The molecule has 42 heavy (non-hydrogen) atoms. The fourth-order valence-electron chi connectivity index (χ4n) is 6.66. The van der Waals surface area contributed by atoms with Crippen LogP contribution in [-0.2, 0) is 6.18 Å². The van der Waals surface area contributed by atoms with Gasteiger partial charge in [-0.2, -0.15) is 32.9 Å². The smallest absolute Gasteiger partial charge is 0.419 e. The van der Waals surface area contributed by atoms with E-state index in [9.17, 15) is 27.5 Å². The normalized spacial score (nSPS) is 30.8. The zero-order chi connectivity index (χ0) is 32.1. The number of hydrogen-bond donors (Lipinski definition) is 2. The highest BCUT2D eigenvalue weighted by molar-refractivity contribution is 6.31. The van der Waals surface area contributed by atoms with Crippen molar-refractivity contribution in [1.82, 2.24) is 30.0 Å². The lowest BCUT2D eigenvalue weighted by molar-refractivity contribution is -0.137. The maximum absolute atomic E-state index is 14.9. The second-order valence-electron chi connectivity index (χ2n) is 11.2. The number of aromatic hydroxyl groups is 1. The average molecular weight is 613 g/mol. The summed E-state index contributed by atoms with van der Waals surface area (Å²) >= 11 is 5.86. The van der Waals surface area contributed by atoms with Gasteiger partial charge in [0.05, 0.1) is 31.9 Å². The number of benzene rings is 1. The molecule has 0 aliphatic carbocycles.